The summed E-state index contributed by atoms with van der Waals surface area (Å²) in [5.41, 5.74) is -0.493. The molecule has 1 aliphatic heterocycles. The van der Waals surface area contributed by atoms with Crippen LogP contribution in [0.3, 0.4) is 0 Å². The second-order valence-electron chi connectivity index (χ2n) is 5.85. The van der Waals surface area contributed by atoms with Crippen LogP contribution in [0.1, 0.15) is 45.7 Å². The van der Waals surface area contributed by atoms with Crippen molar-refractivity contribution in [1.29, 1.82) is 0 Å². The smallest absolute Gasteiger partial charge is 0.335 e. The van der Waals surface area contributed by atoms with Crippen LogP contribution in [0.2, 0.25) is 0 Å². The minimum atomic E-state index is -3.59. The second-order valence-corrected chi connectivity index (χ2v) is 7.77. The number of aromatic carboxylic acids is 1. The zero-order valence-corrected chi connectivity index (χ0v) is 12.6. The van der Waals surface area contributed by atoms with Gasteiger partial charge in [-0.25, -0.2) is 13.2 Å². The minimum absolute atomic E-state index is 0.00988. The lowest BCUT2D eigenvalue weighted by Gasteiger charge is -2.31. The summed E-state index contributed by atoms with van der Waals surface area (Å²) in [6.07, 6.45) is 0. The number of ketones is 1. The molecule has 20 heavy (non-hydrogen) atoms. The highest BCUT2D eigenvalue weighted by Crippen LogP contribution is 2.39. The van der Waals surface area contributed by atoms with Crippen molar-refractivity contribution in [1.82, 2.24) is 0 Å². The Morgan fingerprint density at radius 1 is 1.30 bits per heavy atom. The lowest BCUT2D eigenvalue weighted by atomic mass is 9.82. The summed E-state index contributed by atoms with van der Waals surface area (Å²) in [7, 11) is -3.59. The highest BCUT2D eigenvalue weighted by Gasteiger charge is 2.44. The Kier molecular flexibility index (Phi) is 3.05. The maximum atomic E-state index is 12.5. The molecule has 2 rings (SSSR count). The van der Waals surface area contributed by atoms with Crippen molar-refractivity contribution in [2.24, 2.45) is 5.41 Å². The number of Topliss-reactive ketones (excluding diaryl/α,β-unsaturated/α-hetero) is 1. The Morgan fingerprint density at radius 3 is 2.35 bits per heavy atom. The van der Waals surface area contributed by atoms with Gasteiger partial charge in [0.2, 0.25) is 0 Å². The third-order valence-corrected chi connectivity index (χ3v) is 5.91. The summed E-state index contributed by atoms with van der Waals surface area (Å²) >= 11 is 0. The number of carboxylic acid groups (broad SMARTS) is 1. The van der Waals surface area contributed by atoms with Crippen LogP contribution < -0.4 is 0 Å². The van der Waals surface area contributed by atoms with Gasteiger partial charge in [-0.05, 0) is 31.0 Å². The zero-order chi connectivity index (χ0) is 15.5. The van der Waals surface area contributed by atoms with Crippen LogP contribution in [0.25, 0.3) is 0 Å². The molecular weight excluding hydrogens is 280 g/mol. The largest absolute Gasteiger partial charge is 0.478 e. The summed E-state index contributed by atoms with van der Waals surface area (Å²) in [5, 5.41) is 9.18. The fourth-order valence-corrected chi connectivity index (χ4v) is 5.07. The van der Waals surface area contributed by atoms with E-state index < -0.39 is 21.2 Å². The van der Waals surface area contributed by atoms with Crippen LogP contribution in [0, 0.1) is 19.3 Å². The quantitative estimate of drug-likeness (QED) is 0.856. The summed E-state index contributed by atoms with van der Waals surface area (Å²) in [5.74, 6) is -1.73. The van der Waals surface area contributed by atoms with Gasteiger partial charge in [-0.2, -0.15) is 0 Å². The molecule has 0 saturated heterocycles. The third kappa shape index (κ3) is 1.95. The highest BCUT2D eigenvalue weighted by molar-refractivity contribution is 7.91. The fourth-order valence-electron chi connectivity index (χ4n) is 2.74. The standard InChI is InChI=1S/C14H16O5S/c1-7-5-9(13(16)17)8(2)10-11(7)20(18,19)6-14(3,4)12(10)15/h5H,6H2,1-4H3,(H,16,17). The molecular formula is C14H16O5S. The molecule has 0 spiro atoms. The Bertz CT molecular complexity index is 741. The summed E-state index contributed by atoms with van der Waals surface area (Å²) in [6, 6.07) is 1.32. The van der Waals surface area contributed by atoms with E-state index in [9.17, 15) is 23.1 Å². The number of hydrogen-bond acceptors (Lipinski definition) is 4. The molecule has 0 bridgehead atoms. The third-order valence-electron chi connectivity index (χ3n) is 3.66. The minimum Gasteiger partial charge on any atom is -0.478 e. The molecule has 0 fully saturated rings. The SMILES string of the molecule is Cc1cc(C(=O)O)c(C)c2c1S(=O)(=O)CC(C)(C)C2=O. The normalized spacial score (nSPS) is 19.5. The molecule has 5 nitrogen and oxygen atoms in total. The highest BCUT2D eigenvalue weighted by atomic mass is 32.2. The second kappa shape index (κ2) is 4.15. The van der Waals surface area contributed by atoms with E-state index in [2.05, 4.69) is 0 Å². The molecule has 1 N–H and O–H groups in total. The Balaban J connectivity index is 2.98. The maximum absolute atomic E-state index is 12.5. The van der Waals surface area contributed by atoms with Crippen LogP contribution >= 0.6 is 0 Å². The van der Waals surface area contributed by atoms with Crippen molar-refractivity contribution >= 4 is 21.6 Å². The average molecular weight is 296 g/mol. The Morgan fingerprint density at radius 2 is 1.85 bits per heavy atom. The van der Waals surface area contributed by atoms with Crippen molar-refractivity contribution in [3.05, 3.63) is 28.3 Å². The topological polar surface area (TPSA) is 88.5 Å². The molecule has 0 radical (unpaired) electrons. The number of carboxylic acids is 1. The number of benzene rings is 1. The molecule has 0 amide bonds. The van der Waals surface area contributed by atoms with E-state index in [-0.39, 0.29) is 33.1 Å². The molecule has 6 heteroatoms. The lowest BCUT2D eigenvalue weighted by molar-refractivity contribution is 0.0695. The van der Waals surface area contributed by atoms with Crippen molar-refractivity contribution in [2.75, 3.05) is 5.75 Å². The Hall–Kier alpha value is -1.69. The lowest BCUT2D eigenvalue weighted by Crippen LogP contribution is -2.39. The molecule has 108 valence electrons. The molecule has 0 saturated carbocycles. The van der Waals surface area contributed by atoms with Crippen LogP contribution in [-0.4, -0.2) is 31.0 Å². The Labute approximate surface area is 117 Å². The van der Waals surface area contributed by atoms with E-state index >= 15 is 0 Å². The van der Waals surface area contributed by atoms with E-state index in [1.165, 1.54) is 19.9 Å². The first-order chi connectivity index (χ1) is 8.99. The van der Waals surface area contributed by atoms with Crippen LogP contribution in [0.5, 0.6) is 0 Å². The van der Waals surface area contributed by atoms with E-state index in [1.54, 1.807) is 13.8 Å². The van der Waals surface area contributed by atoms with E-state index in [0.717, 1.165) is 0 Å². The number of rotatable bonds is 1. The van der Waals surface area contributed by atoms with E-state index in [4.69, 9.17) is 0 Å². The van der Waals surface area contributed by atoms with Crippen LogP contribution in [0.15, 0.2) is 11.0 Å². The first kappa shape index (κ1) is 14.7. The molecule has 0 aromatic heterocycles. The number of aryl methyl sites for hydroxylation is 1. The number of hydrogen-bond donors (Lipinski definition) is 1. The predicted octanol–water partition coefficient (Wildman–Crippen LogP) is 2.00. The molecule has 0 aliphatic carbocycles. The van der Waals surface area contributed by atoms with Gasteiger partial charge in [0.1, 0.15) is 0 Å². The molecule has 1 aromatic rings. The first-order valence-electron chi connectivity index (χ1n) is 6.14. The van der Waals surface area contributed by atoms with Gasteiger partial charge in [0.15, 0.2) is 15.6 Å². The van der Waals surface area contributed by atoms with E-state index in [1.807, 2.05) is 0 Å². The van der Waals surface area contributed by atoms with Gasteiger partial charge in [0.05, 0.1) is 16.2 Å². The van der Waals surface area contributed by atoms with Crippen molar-refractivity contribution in [2.45, 2.75) is 32.6 Å². The summed E-state index contributed by atoms with van der Waals surface area (Å²) < 4.78 is 24.8. The maximum Gasteiger partial charge on any atom is 0.335 e. The van der Waals surface area contributed by atoms with Gasteiger partial charge in [0.25, 0.3) is 0 Å². The van der Waals surface area contributed by atoms with Crippen LogP contribution in [0.4, 0.5) is 0 Å². The fraction of sp³-hybridized carbons (Fsp3) is 0.429. The van der Waals surface area contributed by atoms with Gasteiger partial charge in [-0.3, -0.25) is 4.79 Å². The molecule has 1 aliphatic rings. The summed E-state index contributed by atoms with van der Waals surface area (Å²) in [6.45, 7) is 6.14. The number of carbonyl (C=O) groups excluding carboxylic acids is 1. The number of fused-ring (bicyclic) bond motifs is 1. The summed E-state index contributed by atoms with van der Waals surface area (Å²) in [4.78, 5) is 23.7. The van der Waals surface area contributed by atoms with Crippen molar-refractivity contribution in [3.8, 4) is 0 Å². The van der Waals surface area contributed by atoms with Gasteiger partial charge in [-0.1, -0.05) is 13.8 Å². The van der Waals surface area contributed by atoms with Gasteiger partial charge in [-0.15, -0.1) is 0 Å². The van der Waals surface area contributed by atoms with Crippen LogP contribution in [-0.2, 0) is 9.84 Å². The molecule has 1 heterocycles. The van der Waals surface area contributed by atoms with Gasteiger partial charge >= 0.3 is 5.97 Å². The first-order valence-corrected chi connectivity index (χ1v) is 7.79. The van der Waals surface area contributed by atoms with Gasteiger partial charge in [0, 0.05) is 11.0 Å². The monoisotopic (exact) mass is 296 g/mol. The molecule has 1 aromatic carbocycles. The predicted molar refractivity (Wildman–Crippen MR) is 73.0 cm³/mol. The molecule has 0 unspecified atom stereocenters. The van der Waals surface area contributed by atoms with Crippen molar-refractivity contribution < 1.29 is 23.1 Å². The number of carbonyl (C=O) groups is 2. The van der Waals surface area contributed by atoms with Gasteiger partial charge < -0.3 is 5.11 Å². The number of sulfone groups is 1. The average Bonchev–Trinajstić information content (AvgIpc) is 2.26. The van der Waals surface area contributed by atoms with Crippen molar-refractivity contribution in [3.63, 3.8) is 0 Å². The van der Waals surface area contributed by atoms with E-state index in [0.29, 0.717) is 5.56 Å². The zero-order valence-electron chi connectivity index (χ0n) is 11.8. The molecule has 0 atom stereocenters.